The smallest absolute Gasteiger partial charge is 0.273 e. The lowest BCUT2D eigenvalue weighted by Crippen LogP contribution is -2.53. The molecule has 28 heavy (non-hydrogen) atoms. The van der Waals surface area contributed by atoms with Crippen LogP contribution in [0.25, 0.3) is 0 Å². The number of aromatic nitrogens is 1. The molecule has 7 heteroatoms. The molecule has 2 amide bonds. The lowest BCUT2D eigenvalue weighted by atomic mass is 9.84. The van der Waals surface area contributed by atoms with E-state index in [1.807, 2.05) is 0 Å². The predicted molar refractivity (Wildman–Crippen MR) is 105 cm³/mol. The molecular weight excluding hydrogens is 356 g/mol. The Morgan fingerprint density at radius 1 is 1.21 bits per heavy atom. The van der Waals surface area contributed by atoms with Gasteiger partial charge in [0.05, 0.1) is 0 Å². The molecule has 3 fully saturated rings. The molecule has 1 aliphatic heterocycles. The van der Waals surface area contributed by atoms with Gasteiger partial charge in [-0.15, -0.1) is 0 Å². The van der Waals surface area contributed by atoms with Crippen molar-refractivity contribution in [3.63, 3.8) is 0 Å². The van der Waals surface area contributed by atoms with Gasteiger partial charge in [0.25, 0.3) is 5.91 Å². The van der Waals surface area contributed by atoms with E-state index in [1.54, 1.807) is 6.07 Å². The molecule has 0 aromatic carbocycles. The average Bonchev–Trinajstić information content (AvgIpc) is 3.44. The molecule has 0 radical (unpaired) electrons. The fourth-order valence-corrected chi connectivity index (χ4v) is 4.68. The Bertz CT molecular complexity index is 706. The minimum atomic E-state index is -0.170. The molecule has 1 aromatic rings. The van der Waals surface area contributed by atoms with Crippen LogP contribution in [0.5, 0.6) is 0 Å². The Hall–Kier alpha value is -1.89. The molecule has 3 aliphatic rings. The maximum atomic E-state index is 13.0. The number of likely N-dealkylation sites (tertiary alicyclic amines) is 1. The zero-order valence-electron chi connectivity index (χ0n) is 16.7. The summed E-state index contributed by atoms with van der Waals surface area (Å²) in [5, 5.41) is 7.03. The first-order valence-corrected chi connectivity index (χ1v) is 10.9. The number of rotatable bonds is 5. The van der Waals surface area contributed by atoms with E-state index in [9.17, 15) is 9.59 Å². The molecule has 1 unspecified atom stereocenters. The Balaban J connectivity index is 1.32. The molecule has 2 saturated carbocycles. The first-order chi connectivity index (χ1) is 13.5. The summed E-state index contributed by atoms with van der Waals surface area (Å²) in [6.07, 6.45) is 8.43. The second-order valence-corrected chi connectivity index (χ2v) is 8.79. The van der Waals surface area contributed by atoms with Crippen LogP contribution in [-0.4, -0.2) is 46.5 Å². The highest BCUT2D eigenvalue weighted by Gasteiger charge is 2.36. The highest BCUT2D eigenvalue weighted by Crippen LogP contribution is 2.40. The van der Waals surface area contributed by atoms with Gasteiger partial charge in [-0.3, -0.25) is 9.59 Å². The number of hydrogen-bond acceptors (Lipinski definition) is 5. The van der Waals surface area contributed by atoms with Crippen LogP contribution in [0.1, 0.15) is 86.9 Å². The summed E-state index contributed by atoms with van der Waals surface area (Å²) in [4.78, 5) is 27.6. The summed E-state index contributed by atoms with van der Waals surface area (Å²) in [5.74, 6) is 1.51. The summed E-state index contributed by atoms with van der Waals surface area (Å²) in [6, 6.07) is 2.28. The number of carbonyl (C=O) groups is 2. The lowest BCUT2D eigenvalue weighted by Gasteiger charge is -2.41. The molecule has 7 nitrogen and oxygen atoms in total. The van der Waals surface area contributed by atoms with Crippen LogP contribution in [0.2, 0.25) is 0 Å². The van der Waals surface area contributed by atoms with Crippen LogP contribution in [0.15, 0.2) is 10.6 Å². The van der Waals surface area contributed by atoms with Crippen LogP contribution in [0, 0.1) is 5.92 Å². The highest BCUT2D eigenvalue weighted by atomic mass is 16.5. The fraction of sp³-hybridized carbons (Fsp3) is 0.762. The van der Waals surface area contributed by atoms with Gasteiger partial charge in [0.2, 0.25) is 5.91 Å². The Morgan fingerprint density at radius 3 is 2.64 bits per heavy atom. The van der Waals surface area contributed by atoms with Gasteiger partial charge in [0, 0.05) is 42.6 Å². The van der Waals surface area contributed by atoms with Crippen molar-refractivity contribution >= 4 is 11.8 Å². The van der Waals surface area contributed by atoms with Crippen LogP contribution in [0.4, 0.5) is 0 Å². The Labute approximate surface area is 166 Å². The van der Waals surface area contributed by atoms with Crippen LogP contribution >= 0.6 is 0 Å². The van der Waals surface area contributed by atoms with E-state index in [0.29, 0.717) is 18.2 Å². The quantitative estimate of drug-likeness (QED) is 0.807. The largest absolute Gasteiger partial charge is 0.360 e. The molecule has 2 heterocycles. The summed E-state index contributed by atoms with van der Waals surface area (Å²) in [5.41, 5.74) is 6.35. The zero-order valence-corrected chi connectivity index (χ0v) is 16.7. The van der Waals surface area contributed by atoms with E-state index >= 15 is 0 Å². The number of piperidine rings is 1. The van der Waals surface area contributed by atoms with Crippen molar-refractivity contribution in [2.45, 2.75) is 88.8 Å². The number of amides is 2. The van der Waals surface area contributed by atoms with Crippen molar-refractivity contribution in [1.82, 2.24) is 15.4 Å². The van der Waals surface area contributed by atoms with Crippen molar-refractivity contribution in [1.29, 1.82) is 0 Å². The lowest BCUT2D eigenvalue weighted by molar-refractivity contribution is -0.140. The van der Waals surface area contributed by atoms with E-state index in [-0.39, 0.29) is 35.9 Å². The van der Waals surface area contributed by atoms with Gasteiger partial charge in [-0.2, -0.15) is 0 Å². The third-order valence-electron chi connectivity index (χ3n) is 6.67. The van der Waals surface area contributed by atoms with Gasteiger partial charge in [-0.25, -0.2) is 0 Å². The average molecular weight is 389 g/mol. The van der Waals surface area contributed by atoms with Gasteiger partial charge in [-0.05, 0) is 57.8 Å². The molecule has 0 spiro atoms. The molecule has 1 aromatic heterocycles. The van der Waals surface area contributed by atoms with Crippen molar-refractivity contribution in [2.24, 2.45) is 11.7 Å². The number of nitrogens with one attached hydrogen (secondary N) is 1. The van der Waals surface area contributed by atoms with Crippen LogP contribution in [-0.2, 0) is 4.79 Å². The molecule has 1 saturated heterocycles. The minimum absolute atomic E-state index is 0.0716. The van der Waals surface area contributed by atoms with Crippen molar-refractivity contribution < 1.29 is 14.1 Å². The number of hydrogen-bond donors (Lipinski definition) is 2. The van der Waals surface area contributed by atoms with E-state index in [0.717, 1.165) is 63.5 Å². The Kier molecular flexibility index (Phi) is 5.71. The molecule has 2 aliphatic carbocycles. The van der Waals surface area contributed by atoms with Crippen LogP contribution in [0.3, 0.4) is 0 Å². The SMILES string of the molecule is CC[C@H]1CC(NC(=O)c2cc(C3CC3)on2)CCN1C(=O)C1CCC(N)CC1. The van der Waals surface area contributed by atoms with E-state index in [4.69, 9.17) is 10.3 Å². The molecule has 0 bridgehead atoms. The third-order valence-corrected chi connectivity index (χ3v) is 6.67. The topological polar surface area (TPSA) is 101 Å². The van der Waals surface area contributed by atoms with E-state index in [1.165, 1.54) is 0 Å². The number of carbonyl (C=O) groups excluding carboxylic acids is 2. The highest BCUT2D eigenvalue weighted by molar-refractivity contribution is 5.92. The minimum Gasteiger partial charge on any atom is -0.360 e. The van der Waals surface area contributed by atoms with Gasteiger partial charge >= 0.3 is 0 Å². The first-order valence-electron chi connectivity index (χ1n) is 10.9. The van der Waals surface area contributed by atoms with E-state index in [2.05, 4.69) is 22.3 Å². The Morgan fingerprint density at radius 2 is 1.96 bits per heavy atom. The summed E-state index contributed by atoms with van der Waals surface area (Å²) < 4.78 is 5.29. The van der Waals surface area contributed by atoms with Gasteiger partial charge < -0.3 is 20.5 Å². The van der Waals surface area contributed by atoms with Crippen LogP contribution < -0.4 is 11.1 Å². The molecule has 3 N–H and O–H groups in total. The van der Waals surface area contributed by atoms with Crippen molar-refractivity contribution in [2.75, 3.05) is 6.54 Å². The van der Waals surface area contributed by atoms with Gasteiger partial charge in [-0.1, -0.05) is 12.1 Å². The summed E-state index contributed by atoms with van der Waals surface area (Å²) >= 11 is 0. The van der Waals surface area contributed by atoms with Gasteiger partial charge in [0.1, 0.15) is 5.76 Å². The standard InChI is InChI=1S/C21H32N4O3/c1-2-17-11-16(23-20(26)18-12-19(28-24-18)13-3-4-13)9-10-25(17)21(27)14-5-7-15(22)8-6-14/h12-17H,2-11,22H2,1H3,(H,23,26)/t14?,15?,16?,17-/m0/s1. The normalized spacial score (nSPS) is 30.9. The molecule has 154 valence electrons. The maximum Gasteiger partial charge on any atom is 0.273 e. The monoisotopic (exact) mass is 388 g/mol. The second kappa shape index (κ2) is 8.23. The number of nitrogens with two attached hydrogens (primary N) is 1. The third kappa shape index (κ3) is 4.24. The van der Waals surface area contributed by atoms with Gasteiger partial charge in [0.15, 0.2) is 5.69 Å². The number of nitrogens with zero attached hydrogens (tertiary/aromatic N) is 2. The fourth-order valence-electron chi connectivity index (χ4n) is 4.68. The van der Waals surface area contributed by atoms with Crippen molar-refractivity contribution in [3.8, 4) is 0 Å². The summed E-state index contributed by atoms with van der Waals surface area (Å²) in [6.45, 7) is 2.82. The maximum absolute atomic E-state index is 13.0. The molecular formula is C21H32N4O3. The van der Waals surface area contributed by atoms with Crippen molar-refractivity contribution in [3.05, 3.63) is 17.5 Å². The first kappa shape index (κ1) is 19.4. The molecule has 4 rings (SSSR count). The summed E-state index contributed by atoms with van der Waals surface area (Å²) in [7, 11) is 0. The second-order valence-electron chi connectivity index (χ2n) is 8.79. The zero-order chi connectivity index (χ0) is 19.7. The predicted octanol–water partition coefficient (Wildman–Crippen LogP) is 2.57. The van der Waals surface area contributed by atoms with E-state index < -0.39 is 0 Å². The molecule has 2 atom stereocenters.